The third-order valence-corrected chi connectivity index (χ3v) is 13.1. The molecule has 8 rings (SSSR count). The van der Waals surface area contributed by atoms with Crippen LogP contribution < -0.4 is 0 Å². The average Bonchev–Trinajstić information content (AvgIpc) is 3.67. The van der Waals surface area contributed by atoms with E-state index in [2.05, 4.69) is 0 Å². The molecule has 6 aromatic carbocycles. The van der Waals surface area contributed by atoms with E-state index in [9.17, 15) is 40.9 Å². The van der Waals surface area contributed by atoms with E-state index in [0.717, 1.165) is 72.8 Å². The molecule has 0 spiro atoms. The van der Waals surface area contributed by atoms with Gasteiger partial charge in [0.05, 0.1) is 6.61 Å². The summed E-state index contributed by atoms with van der Waals surface area (Å²) in [5.41, 5.74) is -23.0. The van der Waals surface area contributed by atoms with Crippen LogP contribution in [-0.4, -0.2) is 147 Å². The Morgan fingerprint density at radius 1 is 0.479 bits per heavy atom. The average molecular weight is 967 g/mol. The summed E-state index contributed by atoms with van der Waals surface area (Å²) in [6.07, 6.45) is -10.3. The monoisotopic (exact) mass is 966 g/mol. The molecule has 2 heterocycles. The zero-order valence-corrected chi connectivity index (χ0v) is 37.3. The number of ether oxygens (including phenoxy) is 3. The lowest BCUT2D eigenvalue weighted by atomic mass is 9.49. The molecule has 2 saturated heterocycles. The highest BCUT2D eigenvalue weighted by Gasteiger charge is 2.93. The zero-order chi connectivity index (χ0) is 51.0. The molecule has 2 aliphatic rings. The van der Waals surface area contributed by atoms with E-state index in [1.165, 1.54) is 109 Å². The lowest BCUT2D eigenvalue weighted by molar-refractivity contribution is -0.454. The number of carbonyl (C=O) groups excluding carboxylic acids is 6. The van der Waals surface area contributed by atoms with Crippen molar-refractivity contribution in [2.45, 2.75) is 58.4 Å². The van der Waals surface area contributed by atoms with E-state index in [4.69, 9.17) is 14.2 Å². The minimum atomic E-state index is -4.90. The Bertz CT molecular complexity index is 2890. The third kappa shape index (κ3) is 7.45. The maximum atomic E-state index is 16.3. The van der Waals surface area contributed by atoms with Crippen LogP contribution in [0.2, 0.25) is 0 Å². The van der Waals surface area contributed by atoms with Gasteiger partial charge in [-0.05, 0) is 0 Å². The van der Waals surface area contributed by atoms with Crippen LogP contribution in [0.3, 0.4) is 0 Å². The Morgan fingerprint density at radius 2 is 0.817 bits per heavy atom. The number of Topliss-reactive ketones (excluding diaryl/α,β-unsaturated/α-hetero) is 6. The maximum absolute atomic E-state index is 16.3. The van der Waals surface area contributed by atoms with Gasteiger partial charge in [-0.3, -0.25) is 28.8 Å². The number of carbonyl (C=O) groups is 6. The lowest BCUT2D eigenvalue weighted by Gasteiger charge is -2.66. The molecular weight excluding hydrogens is 921 g/mol. The van der Waals surface area contributed by atoms with Gasteiger partial charge in [0.2, 0.25) is 57.1 Å². The third-order valence-electron chi connectivity index (χ3n) is 13.1. The smallest absolute Gasteiger partial charge is 0.278 e. The Morgan fingerprint density at radius 3 is 1.18 bits per heavy atom. The molecule has 0 aromatic heterocycles. The fourth-order valence-corrected chi connectivity index (χ4v) is 9.48. The molecule has 17 nitrogen and oxygen atoms in total. The number of aliphatic hydroxyl groups is 8. The topological polar surface area (TPSA) is 292 Å². The second-order valence-electron chi connectivity index (χ2n) is 17.0. The number of hydrogen-bond donors (Lipinski definition) is 8. The van der Waals surface area contributed by atoms with Crippen molar-refractivity contribution in [1.29, 1.82) is 0 Å². The summed E-state index contributed by atoms with van der Waals surface area (Å²) in [4.78, 5) is 96.2. The van der Waals surface area contributed by atoms with Gasteiger partial charge in [-0.1, -0.05) is 182 Å². The molecule has 0 aliphatic carbocycles. The maximum Gasteiger partial charge on any atom is 0.278 e. The van der Waals surface area contributed by atoms with Crippen molar-refractivity contribution < 1.29 is 83.8 Å². The van der Waals surface area contributed by atoms with Crippen LogP contribution in [0, 0.1) is 0 Å². The summed E-state index contributed by atoms with van der Waals surface area (Å²) >= 11 is 0. The van der Waals surface area contributed by atoms with Gasteiger partial charge in [-0.2, -0.15) is 0 Å². The van der Waals surface area contributed by atoms with E-state index >= 15 is 28.8 Å². The van der Waals surface area contributed by atoms with Crippen LogP contribution in [0.1, 0.15) is 62.1 Å². The van der Waals surface area contributed by atoms with Crippen LogP contribution >= 0.6 is 0 Å². The second kappa shape index (κ2) is 19.2. The van der Waals surface area contributed by atoms with Crippen molar-refractivity contribution >= 4 is 34.7 Å². The van der Waals surface area contributed by atoms with Gasteiger partial charge in [-0.15, -0.1) is 0 Å². The predicted octanol–water partition coefficient (Wildman–Crippen LogP) is 2.12. The van der Waals surface area contributed by atoms with Crippen LogP contribution in [0.4, 0.5) is 0 Å². The normalized spacial score (nSPS) is 29.7. The van der Waals surface area contributed by atoms with Crippen molar-refractivity contribution in [2.24, 2.45) is 0 Å². The van der Waals surface area contributed by atoms with Crippen LogP contribution in [-0.2, 0) is 14.2 Å². The first-order valence-corrected chi connectivity index (χ1v) is 22.1. The molecule has 17 heteroatoms. The predicted molar refractivity (Wildman–Crippen MR) is 247 cm³/mol. The highest BCUT2D eigenvalue weighted by molar-refractivity contribution is 6.25. The van der Waals surface area contributed by atoms with Gasteiger partial charge < -0.3 is 55.1 Å². The summed E-state index contributed by atoms with van der Waals surface area (Å²) in [6.45, 7) is -2.88. The summed E-state index contributed by atoms with van der Waals surface area (Å²) in [5, 5.41) is 101. The zero-order valence-electron chi connectivity index (χ0n) is 37.3. The minimum Gasteiger partial charge on any atom is -0.394 e. The van der Waals surface area contributed by atoms with Gasteiger partial charge in [0.15, 0.2) is 11.9 Å². The van der Waals surface area contributed by atoms with Crippen LogP contribution in [0.5, 0.6) is 0 Å². The highest BCUT2D eigenvalue weighted by atomic mass is 16.8. The summed E-state index contributed by atoms with van der Waals surface area (Å²) in [6, 6.07) is 35.8. The Labute approximate surface area is 404 Å². The minimum absolute atomic E-state index is 0.478. The molecule has 0 saturated carbocycles. The molecule has 2 unspecified atom stereocenters. The van der Waals surface area contributed by atoms with Crippen molar-refractivity contribution in [3.8, 4) is 0 Å². The van der Waals surface area contributed by atoms with Gasteiger partial charge >= 0.3 is 0 Å². The first-order valence-electron chi connectivity index (χ1n) is 22.1. The number of ketones is 6. The Balaban J connectivity index is 1.68. The molecular formula is C54H46O17. The molecule has 0 bridgehead atoms. The van der Waals surface area contributed by atoms with Crippen molar-refractivity contribution in [3.05, 3.63) is 215 Å². The second-order valence-corrected chi connectivity index (χ2v) is 17.0. The lowest BCUT2D eigenvalue weighted by Crippen LogP contribution is -2.97. The van der Waals surface area contributed by atoms with Crippen molar-refractivity contribution in [2.75, 3.05) is 13.2 Å². The van der Waals surface area contributed by atoms with Crippen LogP contribution in [0.15, 0.2) is 182 Å². The first kappa shape index (κ1) is 50.3. The van der Waals surface area contributed by atoms with Gasteiger partial charge in [0, 0.05) is 33.4 Å². The molecule has 0 amide bonds. The Hall–Kier alpha value is -7.10. The van der Waals surface area contributed by atoms with E-state index < -0.39 is 140 Å². The van der Waals surface area contributed by atoms with Crippen molar-refractivity contribution in [1.82, 2.24) is 0 Å². The largest absolute Gasteiger partial charge is 0.394 e. The summed E-state index contributed by atoms with van der Waals surface area (Å²) in [5.74, 6) is -19.5. The fraction of sp³-hybridized carbons (Fsp3) is 0.222. The van der Waals surface area contributed by atoms with E-state index in [-0.39, 0.29) is 0 Å². The molecule has 71 heavy (non-hydrogen) atoms. The fourth-order valence-electron chi connectivity index (χ4n) is 9.48. The van der Waals surface area contributed by atoms with Gasteiger partial charge in [-0.25, -0.2) is 0 Å². The number of benzene rings is 6. The quantitative estimate of drug-likeness (QED) is 0.0608. The van der Waals surface area contributed by atoms with E-state index in [0.29, 0.717) is 0 Å². The van der Waals surface area contributed by atoms with Crippen LogP contribution in [0.25, 0.3) is 0 Å². The summed E-state index contributed by atoms with van der Waals surface area (Å²) < 4.78 is 18.8. The number of hydrogen-bond acceptors (Lipinski definition) is 17. The SMILES string of the molecule is O=C(c1ccccc1)C(O)[C@@]1(C(=O)c2ccccc2)O[C@](OC2(CO)O[C@H](CO)[C@@H](O)[C@@H]2O)(C(=O)c2ccccc2)[C@@](O)(C(=O)c2ccccc2)[C@](O)(C(=O)c2ccccc2)[C@@]1(O)C(=O)c1ccccc1. The Kier molecular flexibility index (Phi) is 13.6. The van der Waals surface area contributed by atoms with Gasteiger partial charge in [0.1, 0.15) is 24.9 Å². The molecule has 2 fully saturated rings. The van der Waals surface area contributed by atoms with Crippen molar-refractivity contribution in [3.63, 3.8) is 0 Å². The highest BCUT2D eigenvalue weighted by Crippen LogP contribution is 2.62. The number of rotatable bonds is 17. The molecule has 6 aromatic rings. The first-order chi connectivity index (χ1) is 34.0. The molecule has 2 aliphatic heterocycles. The molecule has 364 valence electrons. The molecule has 0 radical (unpaired) electrons. The van der Waals surface area contributed by atoms with Gasteiger partial charge in [0.25, 0.3) is 5.79 Å². The number of aliphatic hydroxyl groups excluding tert-OH is 5. The van der Waals surface area contributed by atoms with E-state index in [1.807, 2.05) is 0 Å². The summed E-state index contributed by atoms with van der Waals surface area (Å²) in [7, 11) is 0. The molecule has 8 N–H and O–H groups in total. The molecule has 10 atom stereocenters. The van der Waals surface area contributed by atoms with E-state index in [1.54, 1.807) is 0 Å². The standard InChI is InChI=1S/C54H46O17/c55-31-39-41(58)47(64)49(32-56,69-39)70-54(46(63)38-29-17-6-18-30-38)53(68,45(62)37-27-15-5-16-28-37)52(67,44(61)36-25-13-4-14-26-36)51(66,43(60)35-23-11-3-12-24-35)50(71-54,42(59)34-21-9-2-10-22-34)48(65)40(57)33-19-7-1-8-20-33/h1-30,39,41,47-48,55-56,58,64-68H,31-32H2/t39-,41-,47+,48?,49?,50-,51-,52+,53-,54-/m1/s1.